The maximum Gasteiger partial charge on any atom is 0.265 e. The lowest BCUT2D eigenvalue weighted by atomic mass is 9.93. The quantitative estimate of drug-likeness (QED) is 0.198. The van der Waals surface area contributed by atoms with E-state index in [4.69, 9.17) is 9.47 Å². The van der Waals surface area contributed by atoms with Crippen LogP contribution in [0.15, 0.2) is 122 Å². The summed E-state index contributed by atoms with van der Waals surface area (Å²) in [5.74, 6) is 0.709. The summed E-state index contributed by atoms with van der Waals surface area (Å²) in [6.45, 7) is 2.62. The Morgan fingerprint density at radius 1 is 0.824 bits per heavy atom. The summed E-state index contributed by atoms with van der Waals surface area (Å²) >= 11 is 0. The summed E-state index contributed by atoms with van der Waals surface area (Å²) in [5, 5.41) is 10.1. The molecule has 3 aromatic carbocycles. The maximum absolute atomic E-state index is 14.9. The summed E-state index contributed by atoms with van der Waals surface area (Å²) in [7, 11) is 0. The van der Waals surface area contributed by atoms with Crippen molar-refractivity contribution in [3.63, 3.8) is 0 Å². The first-order chi connectivity index (χ1) is 24.4. The molecule has 0 fully saturated rings. The van der Waals surface area contributed by atoms with Crippen LogP contribution in [0, 0.1) is 0 Å². The highest BCUT2D eigenvalue weighted by Gasteiger charge is 2.33. The molecular formula is C40H32ClN5O5. The molecule has 2 amide bonds. The lowest BCUT2D eigenvalue weighted by Gasteiger charge is -2.35. The minimum Gasteiger partial charge on any atom is -0.508 e. The van der Waals surface area contributed by atoms with Gasteiger partial charge in [-0.05, 0) is 85.1 Å². The number of hydrogen-bond acceptors (Lipinski definition) is 6. The van der Waals surface area contributed by atoms with Crippen molar-refractivity contribution in [3.05, 3.63) is 144 Å². The van der Waals surface area contributed by atoms with Gasteiger partial charge in [-0.15, -0.1) is 12.4 Å². The van der Waals surface area contributed by atoms with Crippen LogP contribution in [0.2, 0.25) is 0 Å². The Kier molecular flexibility index (Phi) is 7.88. The molecular weight excluding hydrogens is 666 g/mol. The van der Waals surface area contributed by atoms with Crippen molar-refractivity contribution in [1.82, 2.24) is 18.7 Å². The monoisotopic (exact) mass is 697 g/mol. The van der Waals surface area contributed by atoms with Crippen LogP contribution in [0.4, 0.5) is 11.4 Å². The number of rotatable bonds is 5. The van der Waals surface area contributed by atoms with Gasteiger partial charge in [-0.1, -0.05) is 30.3 Å². The smallest absolute Gasteiger partial charge is 0.265 e. The third-order valence-electron chi connectivity index (χ3n) is 9.64. The van der Waals surface area contributed by atoms with Crippen molar-refractivity contribution in [2.24, 2.45) is 0 Å². The number of ether oxygens (including phenoxy) is 2. The van der Waals surface area contributed by atoms with Gasteiger partial charge < -0.3 is 28.3 Å². The zero-order chi connectivity index (χ0) is 33.9. The van der Waals surface area contributed by atoms with Crippen molar-refractivity contribution in [1.29, 1.82) is 0 Å². The molecule has 254 valence electrons. The molecule has 0 bridgehead atoms. The number of halogens is 1. The third-order valence-corrected chi connectivity index (χ3v) is 9.64. The largest absolute Gasteiger partial charge is 0.508 e. The molecule has 4 aromatic heterocycles. The Bertz CT molecular complexity index is 2470. The molecule has 0 saturated carbocycles. The standard InChI is InChI=1S/C40H31N5O5.ClH/c1-25-18-26-6-2-3-7-27(26)23-44(25)39(47)32-22-37-36(49-24-50-37)21-31(32)35-20-33(34-8-4-5-15-43(34)35)40(48)45(28-9-11-30(46)12-10-28)29-13-16-42-17-14-41-38(42)19-29;/h2-17,19-22,25,46H,18,23-24H2,1H3;1H/t25-;/m1./s1. The minimum absolute atomic E-state index is 0. The second-order valence-corrected chi connectivity index (χ2v) is 12.6. The van der Waals surface area contributed by atoms with E-state index in [-0.39, 0.29) is 42.8 Å². The fourth-order valence-corrected chi connectivity index (χ4v) is 7.11. The van der Waals surface area contributed by atoms with E-state index in [2.05, 4.69) is 24.0 Å². The van der Waals surface area contributed by atoms with Gasteiger partial charge in [0, 0.05) is 54.7 Å². The summed E-state index contributed by atoms with van der Waals surface area (Å²) in [4.78, 5) is 37.4. The molecule has 7 aromatic rings. The van der Waals surface area contributed by atoms with Gasteiger partial charge >= 0.3 is 0 Å². The van der Waals surface area contributed by atoms with Crippen LogP contribution < -0.4 is 14.4 Å². The van der Waals surface area contributed by atoms with E-state index in [0.717, 1.165) is 12.0 Å². The number of benzene rings is 3. The van der Waals surface area contributed by atoms with Crippen LogP contribution in [0.25, 0.3) is 22.4 Å². The predicted octanol–water partition coefficient (Wildman–Crippen LogP) is 7.68. The van der Waals surface area contributed by atoms with E-state index >= 15 is 0 Å². The van der Waals surface area contributed by atoms with E-state index in [9.17, 15) is 14.7 Å². The van der Waals surface area contributed by atoms with Gasteiger partial charge in [0.15, 0.2) is 11.5 Å². The Labute approximate surface area is 299 Å². The molecule has 6 heterocycles. The molecule has 11 heteroatoms. The number of fused-ring (bicyclic) bond motifs is 4. The van der Waals surface area contributed by atoms with Crippen LogP contribution in [0.5, 0.6) is 17.2 Å². The van der Waals surface area contributed by atoms with Crippen molar-refractivity contribution in [2.45, 2.75) is 25.9 Å². The van der Waals surface area contributed by atoms with Gasteiger partial charge in [-0.3, -0.25) is 14.5 Å². The van der Waals surface area contributed by atoms with Crippen LogP contribution in [-0.2, 0) is 13.0 Å². The normalized spacial score (nSPS) is 14.7. The second kappa shape index (κ2) is 12.6. The van der Waals surface area contributed by atoms with E-state index in [1.165, 1.54) is 5.56 Å². The molecule has 51 heavy (non-hydrogen) atoms. The first kappa shape index (κ1) is 32.0. The number of carbonyl (C=O) groups excluding carboxylic acids is 2. The van der Waals surface area contributed by atoms with Gasteiger partial charge in [0.1, 0.15) is 11.4 Å². The zero-order valence-corrected chi connectivity index (χ0v) is 28.3. The molecule has 1 atom stereocenters. The zero-order valence-electron chi connectivity index (χ0n) is 27.5. The van der Waals surface area contributed by atoms with Gasteiger partial charge in [0.05, 0.1) is 28.0 Å². The topological polar surface area (TPSA) is 101 Å². The number of phenolic OH excluding ortho intramolecular Hbond substituents is 1. The first-order valence-electron chi connectivity index (χ1n) is 16.4. The second-order valence-electron chi connectivity index (χ2n) is 12.6. The number of anilines is 2. The van der Waals surface area contributed by atoms with Crippen molar-refractivity contribution >= 4 is 46.8 Å². The summed E-state index contributed by atoms with van der Waals surface area (Å²) < 4.78 is 15.4. The average Bonchev–Trinajstić information content (AvgIpc) is 3.90. The molecule has 0 saturated heterocycles. The number of phenols is 1. The van der Waals surface area contributed by atoms with E-state index in [1.807, 2.05) is 86.9 Å². The SMILES string of the molecule is C[C@@H]1Cc2ccccc2CN1C(=O)c1cc2c(cc1-c1cc(C(=O)N(c3ccc(O)cc3)c3ccn4ccnc4c3)c3ccccn13)OCO2.Cl. The number of carbonyl (C=O) groups is 2. The van der Waals surface area contributed by atoms with Gasteiger partial charge in [0.2, 0.25) is 6.79 Å². The Morgan fingerprint density at radius 2 is 1.59 bits per heavy atom. The van der Waals surface area contributed by atoms with Gasteiger partial charge in [0.25, 0.3) is 11.8 Å². The summed E-state index contributed by atoms with van der Waals surface area (Å²) in [6.07, 6.45) is 8.04. The Balaban J connectivity index is 0.00000374. The molecule has 2 aliphatic heterocycles. The van der Waals surface area contributed by atoms with E-state index in [0.29, 0.717) is 63.0 Å². The van der Waals surface area contributed by atoms with Crippen LogP contribution in [0.3, 0.4) is 0 Å². The number of nitrogens with zero attached hydrogens (tertiary/aromatic N) is 5. The number of amides is 2. The highest BCUT2D eigenvalue weighted by molar-refractivity contribution is 6.16. The predicted molar refractivity (Wildman–Crippen MR) is 195 cm³/mol. The molecule has 1 N–H and O–H groups in total. The highest BCUT2D eigenvalue weighted by Crippen LogP contribution is 2.42. The molecule has 0 unspecified atom stereocenters. The number of aromatic hydroxyl groups is 1. The van der Waals surface area contributed by atoms with E-state index in [1.54, 1.807) is 41.4 Å². The van der Waals surface area contributed by atoms with Crippen molar-refractivity contribution < 1.29 is 24.2 Å². The maximum atomic E-state index is 14.9. The number of hydrogen-bond donors (Lipinski definition) is 1. The first-order valence-corrected chi connectivity index (χ1v) is 16.4. The van der Waals surface area contributed by atoms with Crippen LogP contribution in [-0.4, -0.2) is 48.4 Å². The van der Waals surface area contributed by atoms with Crippen LogP contribution >= 0.6 is 12.4 Å². The molecule has 9 rings (SSSR count). The Morgan fingerprint density at radius 3 is 2.41 bits per heavy atom. The number of imidazole rings is 1. The minimum atomic E-state index is -0.295. The highest BCUT2D eigenvalue weighted by atomic mass is 35.5. The molecule has 10 nitrogen and oxygen atoms in total. The number of pyridine rings is 2. The van der Waals surface area contributed by atoms with Crippen molar-refractivity contribution in [3.8, 4) is 28.5 Å². The fourth-order valence-electron chi connectivity index (χ4n) is 7.11. The fraction of sp³-hybridized carbons (Fsp3) is 0.125. The average molecular weight is 698 g/mol. The van der Waals surface area contributed by atoms with Gasteiger partial charge in [-0.2, -0.15) is 0 Å². The van der Waals surface area contributed by atoms with E-state index < -0.39 is 0 Å². The molecule has 2 aliphatic rings. The summed E-state index contributed by atoms with van der Waals surface area (Å²) in [5.41, 5.74) is 7.06. The lowest BCUT2D eigenvalue weighted by Crippen LogP contribution is -2.42. The third kappa shape index (κ3) is 5.40. The molecule has 0 spiro atoms. The lowest BCUT2D eigenvalue weighted by molar-refractivity contribution is 0.0658. The van der Waals surface area contributed by atoms with Gasteiger partial charge in [-0.25, -0.2) is 4.98 Å². The summed E-state index contributed by atoms with van der Waals surface area (Å²) in [6, 6.07) is 29.5. The molecule has 0 aliphatic carbocycles. The molecule has 0 radical (unpaired) electrons. The number of aromatic nitrogens is 3. The Hall–Kier alpha value is -6.26. The van der Waals surface area contributed by atoms with Crippen LogP contribution in [0.1, 0.15) is 38.8 Å². The van der Waals surface area contributed by atoms with Crippen molar-refractivity contribution in [2.75, 3.05) is 11.7 Å².